The van der Waals surface area contributed by atoms with Crippen LogP contribution in [0.5, 0.6) is 0 Å². The number of hydrogen-bond donors (Lipinski definition) is 2. The summed E-state index contributed by atoms with van der Waals surface area (Å²) in [7, 11) is 1.66. The average Bonchev–Trinajstić information content (AvgIpc) is 2.38. The molecule has 0 fully saturated rings. The summed E-state index contributed by atoms with van der Waals surface area (Å²) in [6, 6.07) is 8.31. The van der Waals surface area contributed by atoms with Crippen molar-refractivity contribution in [3.63, 3.8) is 0 Å². The molecule has 0 heterocycles. The van der Waals surface area contributed by atoms with E-state index in [9.17, 15) is 4.79 Å². The Morgan fingerprint density at radius 3 is 2.83 bits per heavy atom. The van der Waals surface area contributed by atoms with E-state index in [1.807, 2.05) is 30.3 Å². The van der Waals surface area contributed by atoms with Crippen molar-refractivity contribution < 1.29 is 4.79 Å². The van der Waals surface area contributed by atoms with Crippen LogP contribution >= 0.6 is 0 Å². The topological polar surface area (TPSA) is 41.1 Å². The van der Waals surface area contributed by atoms with Crippen molar-refractivity contribution in [2.75, 3.05) is 12.4 Å². The number of benzene rings is 1. The first-order valence-electron chi connectivity index (χ1n) is 6.33. The fourth-order valence-corrected chi connectivity index (χ4v) is 1.78. The Hall–Kier alpha value is -1.77. The molecule has 0 aliphatic heterocycles. The lowest BCUT2D eigenvalue weighted by molar-refractivity contribution is -0.119. The molecule has 0 radical (unpaired) electrons. The van der Waals surface area contributed by atoms with Gasteiger partial charge in [-0.05, 0) is 31.4 Å². The van der Waals surface area contributed by atoms with Crippen molar-refractivity contribution in [1.29, 1.82) is 0 Å². The molecule has 0 bridgehead atoms. The van der Waals surface area contributed by atoms with Gasteiger partial charge < -0.3 is 10.6 Å². The van der Waals surface area contributed by atoms with Crippen LogP contribution in [0.2, 0.25) is 0 Å². The maximum Gasteiger partial charge on any atom is 0.224 e. The van der Waals surface area contributed by atoms with Crippen molar-refractivity contribution in [2.24, 2.45) is 0 Å². The first-order chi connectivity index (χ1) is 8.67. The third kappa shape index (κ3) is 4.62. The predicted octanol–water partition coefficient (Wildman–Crippen LogP) is 2.74. The van der Waals surface area contributed by atoms with Crippen LogP contribution in [-0.4, -0.2) is 19.0 Å². The molecule has 3 nitrogen and oxygen atoms in total. The molecule has 0 aromatic heterocycles. The van der Waals surface area contributed by atoms with E-state index in [2.05, 4.69) is 24.1 Å². The van der Waals surface area contributed by atoms with E-state index in [4.69, 9.17) is 0 Å². The van der Waals surface area contributed by atoms with Crippen LogP contribution < -0.4 is 10.6 Å². The average molecular weight is 246 g/mol. The van der Waals surface area contributed by atoms with Crippen molar-refractivity contribution in [3.8, 4) is 0 Å². The number of amides is 1. The highest BCUT2D eigenvalue weighted by Gasteiger charge is 2.08. The van der Waals surface area contributed by atoms with E-state index < -0.39 is 0 Å². The Bertz CT molecular complexity index is 401. The quantitative estimate of drug-likeness (QED) is 0.726. The van der Waals surface area contributed by atoms with Crippen LogP contribution in [0.1, 0.15) is 25.3 Å². The van der Waals surface area contributed by atoms with Gasteiger partial charge in [-0.15, -0.1) is 6.58 Å². The second kappa shape index (κ2) is 7.54. The summed E-state index contributed by atoms with van der Waals surface area (Å²) in [5.41, 5.74) is 2.07. The number of para-hydroxylation sites is 1. The summed E-state index contributed by atoms with van der Waals surface area (Å²) in [6.07, 6.45) is 4.37. The van der Waals surface area contributed by atoms with Gasteiger partial charge >= 0.3 is 0 Å². The molecule has 1 aromatic carbocycles. The highest BCUT2D eigenvalue weighted by Crippen LogP contribution is 2.17. The van der Waals surface area contributed by atoms with Crippen LogP contribution in [0, 0.1) is 0 Å². The second-order valence-corrected chi connectivity index (χ2v) is 4.42. The number of rotatable bonds is 7. The Morgan fingerprint density at radius 1 is 1.44 bits per heavy atom. The van der Waals surface area contributed by atoms with Gasteiger partial charge in [-0.3, -0.25) is 4.79 Å². The molecular weight excluding hydrogens is 224 g/mol. The minimum atomic E-state index is 0.0306. The van der Waals surface area contributed by atoms with Gasteiger partial charge in [-0.1, -0.05) is 24.3 Å². The van der Waals surface area contributed by atoms with Crippen molar-refractivity contribution in [2.45, 2.75) is 32.2 Å². The molecule has 1 amide bonds. The Labute approximate surface area is 109 Å². The number of carbonyl (C=O) groups is 1. The fourth-order valence-electron chi connectivity index (χ4n) is 1.78. The molecule has 1 rings (SSSR count). The molecule has 98 valence electrons. The zero-order valence-corrected chi connectivity index (χ0v) is 11.2. The number of allylic oxidation sites excluding steroid dienone is 1. The summed E-state index contributed by atoms with van der Waals surface area (Å²) in [4.78, 5) is 11.4. The summed E-state index contributed by atoms with van der Waals surface area (Å²) >= 11 is 0. The Kier molecular flexibility index (Phi) is 5.98. The SMILES string of the molecule is C=CCCC(C)Nc1ccccc1CC(=O)NC. The maximum absolute atomic E-state index is 11.4. The molecule has 1 atom stereocenters. The van der Waals surface area contributed by atoms with E-state index in [1.54, 1.807) is 7.05 Å². The van der Waals surface area contributed by atoms with Gasteiger partial charge in [0.1, 0.15) is 0 Å². The Morgan fingerprint density at radius 2 is 2.17 bits per heavy atom. The van der Waals surface area contributed by atoms with Gasteiger partial charge in [-0.2, -0.15) is 0 Å². The molecule has 0 spiro atoms. The standard InChI is InChI=1S/C15H22N2O/c1-4-5-8-12(2)17-14-10-7-6-9-13(14)11-15(18)16-3/h4,6-7,9-10,12,17H,1,5,8,11H2,2-3H3,(H,16,18). The van der Waals surface area contributed by atoms with E-state index in [0.717, 1.165) is 24.1 Å². The van der Waals surface area contributed by atoms with Crippen molar-refractivity contribution >= 4 is 11.6 Å². The number of hydrogen-bond acceptors (Lipinski definition) is 2. The number of carbonyl (C=O) groups excluding carboxylic acids is 1. The van der Waals surface area contributed by atoms with Crippen LogP contribution in [0.3, 0.4) is 0 Å². The molecule has 0 saturated heterocycles. The normalized spacial score (nSPS) is 11.7. The zero-order valence-electron chi connectivity index (χ0n) is 11.2. The minimum absolute atomic E-state index is 0.0306. The third-order valence-corrected chi connectivity index (χ3v) is 2.85. The summed E-state index contributed by atoms with van der Waals surface area (Å²) in [6.45, 7) is 5.87. The molecule has 0 aliphatic carbocycles. The van der Waals surface area contributed by atoms with Gasteiger partial charge in [0.05, 0.1) is 6.42 Å². The summed E-state index contributed by atoms with van der Waals surface area (Å²) in [5.74, 6) is 0.0306. The number of nitrogens with one attached hydrogen (secondary N) is 2. The van der Waals surface area contributed by atoms with Crippen LogP contribution in [-0.2, 0) is 11.2 Å². The van der Waals surface area contributed by atoms with Crippen molar-refractivity contribution in [3.05, 3.63) is 42.5 Å². The minimum Gasteiger partial charge on any atom is -0.382 e. The van der Waals surface area contributed by atoms with Crippen LogP contribution in [0.25, 0.3) is 0 Å². The molecule has 1 unspecified atom stereocenters. The zero-order chi connectivity index (χ0) is 13.4. The predicted molar refractivity (Wildman–Crippen MR) is 76.7 cm³/mol. The molecule has 1 aromatic rings. The number of likely N-dealkylation sites (N-methyl/N-ethyl adjacent to an activating group) is 1. The lowest BCUT2D eigenvalue weighted by atomic mass is 10.1. The third-order valence-electron chi connectivity index (χ3n) is 2.85. The highest BCUT2D eigenvalue weighted by molar-refractivity contribution is 5.80. The number of anilines is 1. The first-order valence-corrected chi connectivity index (χ1v) is 6.33. The monoisotopic (exact) mass is 246 g/mol. The Balaban J connectivity index is 2.69. The largest absolute Gasteiger partial charge is 0.382 e. The molecule has 0 aliphatic rings. The van der Waals surface area contributed by atoms with E-state index in [-0.39, 0.29) is 5.91 Å². The lowest BCUT2D eigenvalue weighted by Gasteiger charge is -2.17. The van der Waals surface area contributed by atoms with E-state index in [1.165, 1.54) is 0 Å². The summed E-state index contributed by atoms with van der Waals surface area (Å²) < 4.78 is 0. The smallest absolute Gasteiger partial charge is 0.224 e. The van der Waals surface area contributed by atoms with E-state index in [0.29, 0.717) is 12.5 Å². The van der Waals surface area contributed by atoms with Gasteiger partial charge in [-0.25, -0.2) is 0 Å². The van der Waals surface area contributed by atoms with Gasteiger partial charge in [0.15, 0.2) is 0 Å². The molecule has 0 saturated carbocycles. The van der Waals surface area contributed by atoms with Gasteiger partial charge in [0.2, 0.25) is 5.91 Å². The fraction of sp³-hybridized carbons (Fsp3) is 0.400. The van der Waals surface area contributed by atoms with Crippen molar-refractivity contribution in [1.82, 2.24) is 5.32 Å². The van der Waals surface area contributed by atoms with Gasteiger partial charge in [0, 0.05) is 18.8 Å². The lowest BCUT2D eigenvalue weighted by Crippen LogP contribution is -2.22. The van der Waals surface area contributed by atoms with E-state index >= 15 is 0 Å². The van der Waals surface area contributed by atoms with Crippen LogP contribution in [0.4, 0.5) is 5.69 Å². The molecular formula is C15H22N2O. The second-order valence-electron chi connectivity index (χ2n) is 4.42. The van der Waals surface area contributed by atoms with Gasteiger partial charge in [0.25, 0.3) is 0 Å². The highest BCUT2D eigenvalue weighted by atomic mass is 16.1. The maximum atomic E-state index is 11.4. The molecule has 2 N–H and O–H groups in total. The molecule has 18 heavy (non-hydrogen) atoms. The van der Waals surface area contributed by atoms with Crippen LogP contribution in [0.15, 0.2) is 36.9 Å². The molecule has 3 heteroatoms. The summed E-state index contributed by atoms with van der Waals surface area (Å²) in [5, 5.41) is 6.10. The first kappa shape index (κ1) is 14.3.